The first kappa shape index (κ1) is 23.7. The molecule has 0 aromatic heterocycles. The van der Waals surface area contributed by atoms with E-state index in [1.165, 1.54) is 24.0 Å². The van der Waals surface area contributed by atoms with Crippen LogP contribution in [-0.2, 0) is 12.0 Å². The molecule has 2 amide bonds. The van der Waals surface area contributed by atoms with Crippen molar-refractivity contribution in [3.05, 3.63) is 95.1 Å². The Hall–Kier alpha value is -3.44. The summed E-state index contributed by atoms with van der Waals surface area (Å²) in [5, 5.41) is 5.84. The van der Waals surface area contributed by atoms with Gasteiger partial charge in [-0.3, -0.25) is 14.5 Å². The molecular formula is C29H33N3O2. The molecule has 5 nitrogen and oxygen atoms in total. The highest BCUT2D eigenvalue weighted by atomic mass is 16.2. The number of nitrogens with zero attached hydrogens (tertiary/aromatic N) is 1. The van der Waals surface area contributed by atoms with E-state index in [-0.39, 0.29) is 17.2 Å². The summed E-state index contributed by atoms with van der Waals surface area (Å²) in [6.07, 6.45) is 2.53. The molecule has 1 heterocycles. The molecule has 1 aliphatic rings. The monoisotopic (exact) mass is 455 g/mol. The number of likely N-dealkylation sites (tertiary alicyclic amines) is 1. The van der Waals surface area contributed by atoms with Crippen molar-refractivity contribution >= 4 is 23.2 Å². The molecule has 34 heavy (non-hydrogen) atoms. The fraction of sp³-hybridized carbons (Fsp3) is 0.310. The molecule has 5 heteroatoms. The quantitative estimate of drug-likeness (QED) is 0.473. The zero-order valence-corrected chi connectivity index (χ0v) is 20.2. The topological polar surface area (TPSA) is 61.4 Å². The van der Waals surface area contributed by atoms with Crippen LogP contribution in [0.4, 0.5) is 11.4 Å². The molecule has 3 aromatic carbocycles. The number of benzene rings is 3. The van der Waals surface area contributed by atoms with E-state index in [4.69, 9.17) is 0 Å². The first-order valence-corrected chi connectivity index (χ1v) is 11.9. The molecule has 1 fully saturated rings. The van der Waals surface area contributed by atoms with Crippen LogP contribution in [0.25, 0.3) is 0 Å². The minimum atomic E-state index is -0.183. The van der Waals surface area contributed by atoms with Crippen molar-refractivity contribution in [3.63, 3.8) is 0 Å². The molecule has 0 radical (unpaired) electrons. The van der Waals surface area contributed by atoms with Crippen molar-refractivity contribution in [1.82, 2.24) is 4.90 Å². The van der Waals surface area contributed by atoms with Gasteiger partial charge < -0.3 is 10.6 Å². The van der Waals surface area contributed by atoms with Gasteiger partial charge in [0.05, 0.1) is 0 Å². The van der Waals surface area contributed by atoms with Crippen LogP contribution in [0.5, 0.6) is 0 Å². The maximum Gasteiger partial charge on any atom is 0.255 e. The molecule has 0 spiro atoms. The highest BCUT2D eigenvalue weighted by molar-refractivity contribution is 6.06. The van der Waals surface area contributed by atoms with E-state index < -0.39 is 0 Å². The van der Waals surface area contributed by atoms with Gasteiger partial charge in [-0.1, -0.05) is 51.1 Å². The van der Waals surface area contributed by atoms with Gasteiger partial charge in [-0.05, 0) is 84.9 Å². The van der Waals surface area contributed by atoms with E-state index >= 15 is 0 Å². The van der Waals surface area contributed by atoms with E-state index in [1.54, 1.807) is 6.07 Å². The maximum atomic E-state index is 12.7. The Morgan fingerprint density at radius 3 is 1.76 bits per heavy atom. The molecule has 4 rings (SSSR count). The minimum Gasteiger partial charge on any atom is -0.322 e. The SMILES string of the molecule is CC(C)(C)c1ccc(C(=O)Nc2cccc(NC(=O)c3ccc(CN4CCCC4)cc3)c2)cc1. The zero-order valence-electron chi connectivity index (χ0n) is 20.2. The lowest BCUT2D eigenvalue weighted by molar-refractivity contribution is 0.101. The van der Waals surface area contributed by atoms with Crippen LogP contribution in [0.3, 0.4) is 0 Å². The number of nitrogens with one attached hydrogen (secondary N) is 2. The van der Waals surface area contributed by atoms with Gasteiger partial charge in [-0.25, -0.2) is 0 Å². The number of anilines is 2. The second-order valence-electron chi connectivity index (χ2n) is 10.00. The number of carbonyl (C=O) groups excluding carboxylic acids is 2. The Morgan fingerprint density at radius 1 is 0.765 bits per heavy atom. The van der Waals surface area contributed by atoms with E-state index in [1.807, 2.05) is 66.7 Å². The number of amides is 2. The number of hydrogen-bond acceptors (Lipinski definition) is 3. The molecule has 1 saturated heterocycles. The molecule has 0 bridgehead atoms. The summed E-state index contributed by atoms with van der Waals surface area (Å²) in [5.74, 6) is -0.355. The fourth-order valence-corrected chi connectivity index (χ4v) is 4.16. The van der Waals surface area contributed by atoms with Gasteiger partial charge in [0.1, 0.15) is 0 Å². The van der Waals surface area contributed by atoms with Crippen LogP contribution < -0.4 is 10.6 Å². The van der Waals surface area contributed by atoms with Gasteiger partial charge in [0.15, 0.2) is 0 Å². The number of hydrogen-bond donors (Lipinski definition) is 2. The minimum absolute atomic E-state index is 0.0374. The average Bonchev–Trinajstić information content (AvgIpc) is 3.32. The second kappa shape index (κ2) is 10.2. The largest absolute Gasteiger partial charge is 0.322 e. The smallest absolute Gasteiger partial charge is 0.255 e. The predicted molar refractivity (Wildman–Crippen MR) is 138 cm³/mol. The summed E-state index contributed by atoms with van der Waals surface area (Å²) >= 11 is 0. The Bertz CT molecular complexity index is 1140. The first-order chi connectivity index (χ1) is 16.3. The van der Waals surface area contributed by atoms with E-state index in [0.29, 0.717) is 22.5 Å². The van der Waals surface area contributed by atoms with Crippen LogP contribution in [0.2, 0.25) is 0 Å². The van der Waals surface area contributed by atoms with Gasteiger partial charge in [0.25, 0.3) is 11.8 Å². The molecule has 0 saturated carbocycles. The first-order valence-electron chi connectivity index (χ1n) is 11.9. The lowest BCUT2D eigenvalue weighted by Crippen LogP contribution is -2.18. The third kappa shape index (κ3) is 6.12. The van der Waals surface area contributed by atoms with E-state index in [0.717, 1.165) is 19.6 Å². The zero-order chi connectivity index (χ0) is 24.1. The van der Waals surface area contributed by atoms with Crippen LogP contribution >= 0.6 is 0 Å². The molecule has 0 atom stereocenters. The summed E-state index contributed by atoms with van der Waals surface area (Å²) < 4.78 is 0. The lowest BCUT2D eigenvalue weighted by atomic mass is 9.87. The third-order valence-electron chi connectivity index (χ3n) is 6.21. The summed E-state index contributed by atoms with van der Waals surface area (Å²) in [6, 6.07) is 22.6. The second-order valence-corrected chi connectivity index (χ2v) is 10.00. The average molecular weight is 456 g/mol. The molecule has 0 aliphatic carbocycles. The van der Waals surface area contributed by atoms with Crippen LogP contribution in [0.1, 0.15) is 65.5 Å². The van der Waals surface area contributed by atoms with Gasteiger partial charge in [-0.2, -0.15) is 0 Å². The molecule has 2 N–H and O–H groups in total. The highest BCUT2D eigenvalue weighted by Crippen LogP contribution is 2.23. The predicted octanol–water partition coefficient (Wildman–Crippen LogP) is 6.08. The van der Waals surface area contributed by atoms with E-state index in [9.17, 15) is 9.59 Å². The Morgan fingerprint density at radius 2 is 1.26 bits per heavy atom. The summed E-state index contributed by atoms with van der Waals surface area (Å²) in [6.45, 7) is 9.66. The Kier molecular flexibility index (Phi) is 7.13. The third-order valence-corrected chi connectivity index (χ3v) is 6.21. The van der Waals surface area contributed by atoms with Crippen molar-refractivity contribution in [3.8, 4) is 0 Å². The molecule has 176 valence electrons. The van der Waals surface area contributed by atoms with Crippen molar-refractivity contribution in [2.45, 2.75) is 45.6 Å². The van der Waals surface area contributed by atoms with Crippen molar-refractivity contribution in [2.75, 3.05) is 23.7 Å². The molecule has 1 aliphatic heterocycles. The van der Waals surface area contributed by atoms with Gasteiger partial charge in [0, 0.05) is 29.0 Å². The Labute approximate surface area is 202 Å². The number of rotatable bonds is 6. The fourth-order valence-electron chi connectivity index (χ4n) is 4.16. The summed E-state index contributed by atoms with van der Waals surface area (Å²) in [5.41, 5.74) is 4.90. The highest BCUT2D eigenvalue weighted by Gasteiger charge is 2.15. The van der Waals surface area contributed by atoms with E-state index in [2.05, 4.69) is 36.3 Å². The van der Waals surface area contributed by atoms with Crippen molar-refractivity contribution in [2.24, 2.45) is 0 Å². The van der Waals surface area contributed by atoms with Crippen molar-refractivity contribution in [1.29, 1.82) is 0 Å². The summed E-state index contributed by atoms with van der Waals surface area (Å²) in [7, 11) is 0. The van der Waals surface area contributed by atoms with Crippen LogP contribution in [0, 0.1) is 0 Å². The molecular weight excluding hydrogens is 422 g/mol. The van der Waals surface area contributed by atoms with Gasteiger partial charge in [-0.15, -0.1) is 0 Å². The maximum absolute atomic E-state index is 12.7. The lowest BCUT2D eigenvalue weighted by Gasteiger charge is -2.19. The van der Waals surface area contributed by atoms with Crippen LogP contribution in [-0.4, -0.2) is 29.8 Å². The normalized spacial score (nSPS) is 14.1. The standard InChI is InChI=1S/C29H33N3O2/c1-29(2,3)24-15-13-23(14-16-24)28(34)31-26-8-6-7-25(19-26)30-27(33)22-11-9-21(10-12-22)20-32-17-4-5-18-32/h6-16,19H,4-5,17-18,20H2,1-3H3,(H,30,33)(H,31,34). The van der Waals surface area contributed by atoms with Gasteiger partial charge in [0.2, 0.25) is 0 Å². The van der Waals surface area contributed by atoms with Gasteiger partial charge >= 0.3 is 0 Å². The molecule has 0 unspecified atom stereocenters. The van der Waals surface area contributed by atoms with Crippen molar-refractivity contribution < 1.29 is 9.59 Å². The van der Waals surface area contributed by atoms with Crippen LogP contribution in [0.15, 0.2) is 72.8 Å². The Balaban J connectivity index is 1.36. The number of carbonyl (C=O) groups is 2. The summed E-state index contributed by atoms with van der Waals surface area (Å²) in [4.78, 5) is 27.9. The molecule has 3 aromatic rings.